The third-order valence-electron chi connectivity index (χ3n) is 3.74. The second-order valence-electron chi connectivity index (χ2n) is 5.91. The van der Waals surface area contributed by atoms with Crippen LogP contribution in [0.4, 0.5) is 0 Å². The predicted octanol–water partition coefficient (Wildman–Crippen LogP) is 2.53. The van der Waals surface area contributed by atoms with Crippen molar-refractivity contribution in [2.24, 2.45) is 5.92 Å². The van der Waals surface area contributed by atoms with Gasteiger partial charge in [-0.1, -0.05) is 13.8 Å². The molecule has 0 saturated carbocycles. The van der Waals surface area contributed by atoms with E-state index in [1.807, 2.05) is 6.07 Å². The number of hydrogen-bond donors (Lipinski definition) is 1. The highest BCUT2D eigenvalue weighted by molar-refractivity contribution is 5.00. The first kappa shape index (κ1) is 13.6. The fourth-order valence-electron chi connectivity index (χ4n) is 2.83. The summed E-state index contributed by atoms with van der Waals surface area (Å²) in [5.41, 5.74) is 0. The molecule has 0 aliphatic carbocycles. The Kier molecular flexibility index (Phi) is 4.84. The van der Waals surface area contributed by atoms with Crippen molar-refractivity contribution >= 4 is 0 Å². The zero-order chi connectivity index (χ0) is 13.0. The van der Waals surface area contributed by atoms with Crippen LogP contribution in [0.5, 0.6) is 0 Å². The zero-order valence-corrected chi connectivity index (χ0v) is 11.9. The molecule has 2 unspecified atom stereocenters. The number of nitrogens with zero attached hydrogens (tertiary/aromatic N) is 1. The van der Waals surface area contributed by atoms with Gasteiger partial charge in [0, 0.05) is 38.1 Å². The zero-order valence-electron chi connectivity index (χ0n) is 11.9. The van der Waals surface area contributed by atoms with Crippen LogP contribution in [0.1, 0.15) is 33.0 Å². The van der Waals surface area contributed by atoms with Gasteiger partial charge in [0.2, 0.25) is 0 Å². The van der Waals surface area contributed by atoms with E-state index in [1.54, 1.807) is 6.26 Å². The maximum Gasteiger partial charge on any atom is 0.105 e. The van der Waals surface area contributed by atoms with Gasteiger partial charge in [-0.2, -0.15) is 0 Å². The first-order chi connectivity index (χ1) is 8.65. The predicted molar refractivity (Wildman–Crippen MR) is 74.7 cm³/mol. The third kappa shape index (κ3) is 3.85. The second-order valence-corrected chi connectivity index (χ2v) is 5.91. The van der Waals surface area contributed by atoms with E-state index < -0.39 is 0 Å². The largest absolute Gasteiger partial charge is 0.469 e. The van der Waals surface area contributed by atoms with Crippen molar-refractivity contribution in [3.63, 3.8) is 0 Å². The molecule has 1 aromatic heterocycles. The van der Waals surface area contributed by atoms with E-state index in [-0.39, 0.29) is 0 Å². The topological polar surface area (TPSA) is 28.4 Å². The van der Waals surface area contributed by atoms with Gasteiger partial charge < -0.3 is 9.73 Å². The van der Waals surface area contributed by atoms with Crippen LogP contribution in [0, 0.1) is 5.92 Å². The molecule has 3 heteroatoms. The van der Waals surface area contributed by atoms with Gasteiger partial charge in [-0.25, -0.2) is 0 Å². The van der Waals surface area contributed by atoms with Crippen molar-refractivity contribution in [3.05, 3.63) is 24.2 Å². The summed E-state index contributed by atoms with van der Waals surface area (Å²) in [6.07, 6.45) is 4.05. The molecule has 1 saturated heterocycles. The fraction of sp³-hybridized carbons (Fsp3) is 0.733. The average molecular weight is 250 g/mol. The quantitative estimate of drug-likeness (QED) is 0.870. The first-order valence-corrected chi connectivity index (χ1v) is 7.15. The Balaban J connectivity index is 1.84. The summed E-state index contributed by atoms with van der Waals surface area (Å²) < 4.78 is 5.44. The van der Waals surface area contributed by atoms with Gasteiger partial charge in [0.05, 0.1) is 6.26 Å². The smallest absolute Gasteiger partial charge is 0.105 e. The number of nitrogens with one attached hydrogen (secondary N) is 1. The summed E-state index contributed by atoms with van der Waals surface area (Å²) in [5, 5.41) is 3.63. The molecule has 1 aromatic rings. The van der Waals surface area contributed by atoms with Gasteiger partial charge in [-0.05, 0) is 31.4 Å². The third-order valence-corrected chi connectivity index (χ3v) is 3.74. The van der Waals surface area contributed by atoms with Gasteiger partial charge in [-0.15, -0.1) is 0 Å². The fourth-order valence-corrected chi connectivity index (χ4v) is 2.83. The minimum atomic E-state index is 0.563. The van der Waals surface area contributed by atoms with E-state index in [9.17, 15) is 0 Å². The van der Waals surface area contributed by atoms with E-state index in [1.165, 1.54) is 13.0 Å². The van der Waals surface area contributed by atoms with E-state index >= 15 is 0 Å². The Labute approximate surface area is 111 Å². The Bertz CT molecular complexity index is 334. The van der Waals surface area contributed by atoms with Crippen LogP contribution in [0.2, 0.25) is 0 Å². The maximum atomic E-state index is 5.44. The second kappa shape index (κ2) is 6.39. The monoisotopic (exact) mass is 250 g/mol. The van der Waals surface area contributed by atoms with Crippen LogP contribution in [0.25, 0.3) is 0 Å². The van der Waals surface area contributed by atoms with Crippen molar-refractivity contribution in [1.82, 2.24) is 10.2 Å². The lowest BCUT2D eigenvalue weighted by molar-refractivity contribution is 0.139. The minimum absolute atomic E-state index is 0.563. The Morgan fingerprint density at radius 3 is 2.94 bits per heavy atom. The molecular weight excluding hydrogens is 224 g/mol. The number of furan rings is 1. The van der Waals surface area contributed by atoms with Crippen LogP contribution in [0.15, 0.2) is 22.8 Å². The lowest BCUT2D eigenvalue weighted by atomic mass is 10.0. The molecule has 0 amide bonds. The summed E-state index contributed by atoms with van der Waals surface area (Å²) in [4.78, 5) is 2.59. The highest BCUT2D eigenvalue weighted by Gasteiger charge is 2.24. The van der Waals surface area contributed by atoms with Crippen molar-refractivity contribution in [1.29, 1.82) is 0 Å². The van der Waals surface area contributed by atoms with Crippen LogP contribution >= 0.6 is 0 Å². The van der Waals surface area contributed by atoms with E-state index in [4.69, 9.17) is 4.42 Å². The molecule has 18 heavy (non-hydrogen) atoms. The van der Waals surface area contributed by atoms with Crippen LogP contribution in [0.3, 0.4) is 0 Å². The molecule has 1 fully saturated rings. The van der Waals surface area contributed by atoms with Gasteiger partial charge in [-0.3, -0.25) is 4.90 Å². The molecule has 0 bridgehead atoms. The highest BCUT2D eigenvalue weighted by atomic mass is 16.3. The SMILES string of the molecule is CC(C)CC1CN(C(C)Cc2ccco2)CCN1. The standard InChI is InChI=1S/C15H26N2O/c1-12(2)9-14-11-17(7-6-16-14)13(3)10-15-5-4-8-18-15/h4-5,8,12-14,16H,6-7,9-11H2,1-3H3. The van der Waals surface area contributed by atoms with E-state index in [2.05, 4.69) is 37.1 Å². The lowest BCUT2D eigenvalue weighted by Gasteiger charge is -2.38. The van der Waals surface area contributed by atoms with Crippen LogP contribution in [-0.4, -0.2) is 36.6 Å². The molecule has 1 aliphatic heterocycles. The normalized spacial score (nSPS) is 23.4. The van der Waals surface area contributed by atoms with Gasteiger partial charge >= 0.3 is 0 Å². The molecule has 0 aromatic carbocycles. The van der Waals surface area contributed by atoms with Crippen molar-refractivity contribution in [3.8, 4) is 0 Å². The maximum absolute atomic E-state index is 5.44. The van der Waals surface area contributed by atoms with Crippen LogP contribution in [-0.2, 0) is 6.42 Å². The molecular formula is C15H26N2O. The number of hydrogen-bond acceptors (Lipinski definition) is 3. The van der Waals surface area contributed by atoms with Crippen molar-refractivity contribution in [2.45, 2.75) is 45.7 Å². The Hall–Kier alpha value is -0.800. The van der Waals surface area contributed by atoms with Gasteiger partial charge in [0.1, 0.15) is 5.76 Å². The minimum Gasteiger partial charge on any atom is -0.469 e. The van der Waals surface area contributed by atoms with Crippen LogP contribution < -0.4 is 5.32 Å². The molecule has 2 atom stereocenters. The molecule has 1 N–H and O–H groups in total. The average Bonchev–Trinajstić information content (AvgIpc) is 2.81. The summed E-state index contributed by atoms with van der Waals surface area (Å²) in [5.74, 6) is 1.87. The summed E-state index contributed by atoms with van der Waals surface area (Å²) in [6.45, 7) is 10.3. The summed E-state index contributed by atoms with van der Waals surface area (Å²) >= 11 is 0. The van der Waals surface area contributed by atoms with E-state index in [0.717, 1.165) is 31.2 Å². The van der Waals surface area contributed by atoms with Gasteiger partial charge in [0.25, 0.3) is 0 Å². The molecule has 3 nitrogen and oxygen atoms in total. The molecule has 2 heterocycles. The molecule has 0 radical (unpaired) electrons. The molecule has 0 spiro atoms. The van der Waals surface area contributed by atoms with E-state index in [0.29, 0.717) is 12.1 Å². The Morgan fingerprint density at radius 1 is 1.44 bits per heavy atom. The number of piperazine rings is 1. The molecule has 1 aliphatic rings. The molecule has 2 rings (SSSR count). The molecule has 102 valence electrons. The summed E-state index contributed by atoms with van der Waals surface area (Å²) in [7, 11) is 0. The van der Waals surface area contributed by atoms with Crippen molar-refractivity contribution < 1.29 is 4.42 Å². The highest BCUT2D eigenvalue weighted by Crippen LogP contribution is 2.14. The van der Waals surface area contributed by atoms with Crippen molar-refractivity contribution in [2.75, 3.05) is 19.6 Å². The summed E-state index contributed by atoms with van der Waals surface area (Å²) in [6, 6.07) is 5.26. The Morgan fingerprint density at radius 2 is 2.28 bits per heavy atom. The first-order valence-electron chi connectivity index (χ1n) is 7.15. The lowest BCUT2D eigenvalue weighted by Crippen LogP contribution is -2.54. The number of rotatable bonds is 5. The van der Waals surface area contributed by atoms with Gasteiger partial charge in [0.15, 0.2) is 0 Å².